The summed E-state index contributed by atoms with van der Waals surface area (Å²) >= 11 is 1.71. The molecule has 0 unspecified atom stereocenters. The van der Waals surface area contributed by atoms with Gasteiger partial charge in [0.1, 0.15) is 6.33 Å². The Balaban J connectivity index is 2.76. The van der Waals surface area contributed by atoms with Gasteiger partial charge in [-0.2, -0.15) is 0 Å². The topological polar surface area (TPSA) is 25.8 Å². The Morgan fingerprint density at radius 3 is 3.27 bits per heavy atom. The van der Waals surface area contributed by atoms with Gasteiger partial charge >= 0.3 is 0 Å². The molecular formula is C8H8N2S. The van der Waals surface area contributed by atoms with Crippen LogP contribution >= 0.6 is 11.3 Å². The Hall–Kier alpha value is -0.960. The Morgan fingerprint density at radius 2 is 2.45 bits per heavy atom. The van der Waals surface area contributed by atoms with E-state index in [-0.39, 0.29) is 0 Å². The lowest BCUT2D eigenvalue weighted by molar-refractivity contribution is 1.14. The van der Waals surface area contributed by atoms with Crippen LogP contribution in [0.5, 0.6) is 0 Å². The Kier molecular flexibility index (Phi) is 1.58. The van der Waals surface area contributed by atoms with Crippen LogP contribution in [0.1, 0.15) is 12.5 Å². The van der Waals surface area contributed by atoms with Gasteiger partial charge in [0, 0.05) is 6.20 Å². The number of nitrogens with zero attached hydrogens (tertiary/aromatic N) is 2. The molecule has 2 rings (SSSR count). The summed E-state index contributed by atoms with van der Waals surface area (Å²) in [6.07, 6.45) is 4.53. The van der Waals surface area contributed by atoms with Crippen LogP contribution in [0, 0.1) is 0 Å². The third-order valence-electron chi connectivity index (χ3n) is 1.69. The molecule has 0 bridgehead atoms. The predicted molar refractivity (Wildman–Crippen MR) is 46.8 cm³/mol. The summed E-state index contributed by atoms with van der Waals surface area (Å²) in [6, 6.07) is 0. The number of thiophene rings is 1. The fourth-order valence-electron chi connectivity index (χ4n) is 1.09. The molecule has 0 N–H and O–H groups in total. The molecule has 0 amide bonds. The van der Waals surface area contributed by atoms with Crippen molar-refractivity contribution < 1.29 is 0 Å². The molecule has 0 aliphatic rings. The minimum atomic E-state index is 1.05. The highest BCUT2D eigenvalue weighted by atomic mass is 32.1. The maximum atomic E-state index is 4.21. The van der Waals surface area contributed by atoms with Crippen LogP contribution in [-0.2, 0) is 6.42 Å². The predicted octanol–water partition coefficient (Wildman–Crippen LogP) is 2.25. The summed E-state index contributed by atoms with van der Waals surface area (Å²) < 4.78 is 1.18. The Morgan fingerprint density at radius 1 is 1.55 bits per heavy atom. The molecule has 2 heterocycles. The second-order valence-electron chi connectivity index (χ2n) is 2.35. The maximum absolute atomic E-state index is 4.21. The first-order chi connectivity index (χ1) is 5.42. The number of hydrogen-bond acceptors (Lipinski definition) is 3. The van der Waals surface area contributed by atoms with E-state index in [1.165, 1.54) is 10.3 Å². The average molecular weight is 164 g/mol. The van der Waals surface area contributed by atoms with Crippen LogP contribution in [0.15, 0.2) is 17.9 Å². The van der Waals surface area contributed by atoms with Gasteiger partial charge < -0.3 is 0 Å². The third kappa shape index (κ3) is 1.01. The molecule has 3 heteroatoms. The van der Waals surface area contributed by atoms with Gasteiger partial charge in [-0.15, -0.1) is 11.3 Å². The first-order valence-electron chi connectivity index (χ1n) is 3.58. The molecule has 0 fully saturated rings. The molecule has 2 nitrogen and oxygen atoms in total. The normalized spacial score (nSPS) is 10.6. The monoisotopic (exact) mass is 164 g/mol. The Labute approximate surface area is 68.9 Å². The van der Waals surface area contributed by atoms with Crippen LogP contribution < -0.4 is 0 Å². The molecule has 0 aromatic carbocycles. The van der Waals surface area contributed by atoms with Crippen LogP contribution in [0.2, 0.25) is 0 Å². The minimum Gasteiger partial charge on any atom is -0.243 e. The van der Waals surface area contributed by atoms with E-state index >= 15 is 0 Å². The average Bonchev–Trinajstić information content (AvgIpc) is 2.47. The fourth-order valence-corrected chi connectivity index (χ4v) is 2.05. The lowest BCUT2D eigenvalue weighted by atomic mass is 10.2. The molecule has 2 aromatic rings. The van der Waals surface area contributed by atoms with Gasteiger partial charge in [-0.1, -0.05) is 6.92 Å². The highest BCUT2D eigenvalue weighted by Gasteiger charge is 2.01. The molecular weight excluding hydrogens is 156 g/mol. The molecule has 0 saturated heterocycles. The van der Waals surface area contributed by atoms with E-state index in [1.54, 1.807) is 17.7 Å². The SMILES string of the molecule is CCc1csc2cncnc12. The van der Waals surface area contributed by atoms with E-state index in [9.17, 15) is 0 Å². The van der Waals surface area contributed by atoms with Crippen molar-refractivity contribution in [1.82, 2.24) is 9.97 Å². The summed E-state index contributed by atoms with van der Waals surface area (Å²) in [5.74, 6) is 0. The maximum Gasteiger partial charge on any atom is 0.116 e. The molecule has 0 aliphatic heterocycles. The van der Waals surface area contributed by atoms with Crippen molar-refractivity contribution in [3.63, 3.8) is 0 Å². The second-order valence-corrected chi connectivity index (χ2v) is 3.26. The number of rotatable bonds is 1. The highest BCUT2D eigenvalue weighted by Crippen LogP contribution is 2.22. The van der Waals surface area contributed by atoms with Crippen molar-refractivity contribution in [2.24, 2.45) is 0 Å². The van der Waals surface area contributed by atoms with Crippen LogP contribution in [0.25, 0.3) is 10.2 Å². The van der Waals surface area contributed by atoms with Crippen molar-refractivity contribution >= 4 is 21.6 Å². The van der Waals surface area contributed by atoms with Crippen molar-refractivity contribution in [2.75, 3.05) is 0 Å². The van der Waals surface area contributed by atoms with Gasteiger partial charge in [-0.3, -0.25) is 0 Å². The van der Waals surface area contributed by atoms with Gasteiger partial charge in [0.2, 0.25) is 0 Å². The zero-order chi connectivity index (χ0) is 7.68. The third-order valence-corrected chi connectivity index (χ3v) is 2.65. The van der Waals surface area contributed by atoms with Gasteiger partial charge in [0.25, 0.3) is 0 Å². The number of aryl methyl sites for hydroxylation is 1. The van der Waals surface area contributed by atoms with E-state index in [0.717, 1.165) is 11.9 Å². The molecule has 0 radical (unpaired) electrons. The smallest absolute Gasteiger partial charge is 0.116 e. The number of hydrogen-bond donors (Lipinski definition) is 0. The lowest BCUT2D eigenvalue weighted by Gasteiger charge is -1.89. The first-order valence-corrected chi connectivity index (χ1v) is 4.46. The first kappa shape index (κ1) is 6.73. The summed E-state index contributed by atoms with van der Waals surface area (Å²) in [4.78, 5) is 8.17. The largest absolute Gasteiger partial charge is 0.243 e. The van der Waals surface area contributed by atoms with Crippen LogP contribution in [0.3, 0.4) is 0 Å². The van der Waals surface area contributed by atoms with E-state index in [0.29, 0.717) is 0 Å². The number of aromatic nitrogens is 2. The van der Waals surface area contributed by atoms with Crippen LogP contribution in [-0.4, -0.2) is 9.97 Å². The van der Waals surface area contributed by atoms with Crippen molar-refractivity contribution in [3.05, 3.63) is 23.5 Å². The second kappa shape index (κ2) is 2.58. The van der Waals surface area contributed by atoms with E-state index < -0.39 is 0 Å². The van der Waals surface area contributed by atoms with Crippen molar-refractivity contribution in [3.8, 4) is 0 Å². The molecule has 0 saturated carbocycles. The quantitative estimate of drug-likeness (QED) is 0.646. The summed E-state index contributed by atoms with van der Waals surface area (Å²) in [6.45, 7) is 2.14. The van der Waals surface area contributed by atoms with Crippen molar-refractivity contribution in [1.29, 1.82) is 0 Å². The highest BCUT2D eigenvalue weighted by molar-refractivity contribution is 7.17. The van der Waals surface area contributed by atoms with Crippen molar-refractivity contribution in [2.45, 2.75) is 13.3 Å². The van der Waals surface area contributed by atoms with Gasteiger partial charge in [-0.05, 0) is 17.4 Å². The molecule has 0 atom stereocenters. The van der Waals surface area contributed by atoms with E-state index in [4.69, 9.17) is 0 Å². The van der Waals surface area contributed by atoms with Gasteiger partial charge in [-0.25, -0.2) is 9.97 Å². The number of fused-ring (bicyclic) bond motifs is 1. The molecule has 0 spiro atoms. The van der Waals surface area contributed by atoms with E-state index in [2.05, 4.69) is 22.3 Å². The molecule has 0 aliphatic carbocycles. The van der Waals surface area contributed by atoms with Gasteiger partial charge in [0.05, 0.1) is 10.2 Å². The molecule has 11 heavy (non-hydrogen) atoms. The summed E-state index contributed by atoms with van der Waals surface area (Å²) in [5, 5.41) is 2.15. The fraction of sp³-hybridized carbons (Fsp3) is 0.250. The summed E-state index contributed by atoms with van der Waals surface area (Å²) in [5.41, 5.74) is 2.44. The lowest BCUT2D eigenvalue weighted by Crippen LogP contribution is -1.80. The summed E-state index contributed by atoms with van der Waals surface area (Å²) in [7, 11) is 0. The minimum absolute atomic E-state index is 1.05. The molecule has 2 aromatic heterocycles. The van der Waals surface area contributed by atoms with Crippen LogP contribution in [0.4, 0.5) is 0 Å². The zero-order valence-electron chi connectivity index (χ0n) is 6.24. The zero-order valence-corrected chi connectivity index (χ0v) is 7.06. The van der Waals surface area contributed by atoms with E-state index in [1.807, 2.05) is 6.20 Å². The Bertz CT molecular complexity index is 367. The van der Waals surface area contributed by atoms with Gasteiger partial charge in [0.15, 0.2) is 0 Å². The molecule has 56 valence electrons. The standard InChI is InChI=1S/C8H8N2S/c1-2-6-4-11-7-3-9-5-10-8(6)7/h3-5H,2H2,1H3.